The van der Waals surface area contributed by atoms with Crippen molar-refractivity contribution in [2.45, 2.75) is 20.8 Å². The van der Waals surface area contributed by atoms with E-state index in [2.05, 4.69) is 0 Å². The highest BCUT2D eigenvalue weighted by atomic mass is 35.5. The zero-order valence-corrected chi connectivity index (χ0v) is 11.7. The monoisotopic (exact) mass is 376 g/mol. The molecule has 1 aromatic rings. The average Bonchev–Trinajstić information content (AvgIpc) is 2.25. The molecular weight excluding hydrogens is 374 g/mol. The van der Waals surface area contributed by atoms with E-state index in [4.69, 9.17) is 11.6 Å². The largest absolute Gasteiger partial charge is 0.501 e. The summed E-state index contributed by atoms with van der Waals surface area (Å²) in [7, 11) is -12.1. The normalized spacial score (nSPS) is 14.2. The summed E-state index contributed by atoms with van der Waals surface area (Å²) < 4.78 is 118. The third-order valence-electron chi connectivity index (χ3n) is 2.11. The lowest BCUT2D eigenvalue weighted by Gasteiger charge is -2.12. The van der Waals surface area contributed by atoms with Gasteiger partial charge >= 0.3 is 11.0 Å². The maximum absolute atomic E-state index is 12.3. The average molecular weight is 377 g/mol. The van der Waals surface area contributed by atoms with Crippen LogP contribution in [-0.4, -0.2) is 27.9 Å². The molecule has 4 nitrogen and oxygen atoms in total. The van der Waals surface area contributed by atoms with Crippen LogP contribution in [0.2, 0.25) is 5.02 Å². The van der Waals surface area contributed by atoms with Crippen molar-refractivity contribution in [2.75, 3.05) is 0 Å². The molecule has 0 saturated heterocycles. The summed E-state index contributed by atoms with van der Waals surface area (Å²) in [5.74, 6) is 0. The summed E-state index contributed by atoms with van der Waals surface area (Å²) in [6.45, 7) is 0. The molecule has 1 aromatic carbocycles. The van der Waals surface area contributed by atoms with Crippen LogP contribution in [0.1, 0.15) is 0 Å². The third-order valence-corrected chi connectivity index (χ3v) is 5.56. The first kappa shape index (κ1) is 18.0. The van der Waals surface area contributed by atoms with Crippen LogP contribution in [0.5, 0.6) is 0 Å². The number of hydrogen-bond donors (Lipinski definition) is 0. The van der Waals surface area contributed by atoms with E-state index in [1.165, 1.54) is 0 Å². The highest BCUT2D eigenvalue weighted by molar-refractivity contribution is 7.93. The van der Waals surface area contributed by atoms with E-state index in [-0.39, 0.29) is 12.1 Å². The van der Waals surface area contributed by atoms with Crippen molar-refractivity contribution < 1.29 is 43.2 Å². The van der Waals surface area contributed by atoms with E-state index >= 15 is 0 Å². The Morgan fingerprint density at radius 3 is 1.62 bits per heavy atom. The topological polar surface area (TPSA) is 68.3 Å². The Bertz CT molecular complexity index is 763. The number of benzene rings is 1. The SMILES string of the molecule is O=S(=O)(c1ccc(Cl)c(S(=O)(=O)C(F)(F)F)c1)C(F)(F)F. The summed E-state index contributed by atoms with van der Waals surface area (Å²) in [5.41, 5.74) is -11.7. The van der Waals surface area contributed by atoms with Crippen LogP contribution in [0.3, 0.4) is 0 Å². The molecule has 0 aromatic heterocycles. The van der Waals surface area contributed by atoms with Crippen LogP contribution in [-0.2, 0) is 19.7 Å². The molecule has 0 aliphatic carbocycles. The predicted octanol–water partition coefficient (Wildman–Crippen LogP) is 2.93. The van der Waals surface area contributed by atoms with Gasteiger partial charge in [-0.3, -0.25) is 0 Å². The Kier molecular flexibility index (Phi) is 4.31. The Labute approximate surface area is 119 Å². The highest BCUT2D eigenvalue weighted by Crippen LogP contribution is 2.37. The van der Waals surface area contributed by atoms with Crippen molar-refractivity contribution in [2.24, 2.45) is 0 Å². The van der Waals surface area contributed by atoms with Gasteiger partial charge in [-0.15, -0.1) is 0 Å². The summed E-state index contributed by atoms with van der Waals surface area (Å²) in [6.07, 6.45) is 0. The van der Waals surface area contributed by atoms with Gasteiger partial charge in [-0.25, -0.2) is 16.8 Å². The van der Waals surface area contributed by atoms with E-state index in [0.717, 1.165) is 0 Å². The van der Waals surface area contributed by atoms with Crippen LogP contribution in [0.25, 0.3) is 0 Å². The summed E-state index contributed by atoms with van der Waals surface area (Å²) >= 11 is 5.20. The molecule has 0 atom stereocenters. The fourth-order valence-electron chi connectivity index (χ4n) is 1.12. The van der Waals surface area contributed by atoms with Gasteiger partial charge in [-0.05, 0) is 18.2 Å². The minimum absolute atomic E-state index is 0.251. The molecule has 120 valence electrons. The fraction of sp³-hybridized carbons (Fsp3) is 0.250. The Morgan fingerprint density at radius 1 is 0.810 bits per heavy atom. The lowest BCUT2D eigenvalue weighted by Crippen LogP contribution is -2.26. The van der Waals surface area contributed by atoms with Crippen molar-refractivity contribution in [1.29, 1.82) is 0 Å². The zero-order chi connectivity index (χ0) is 16.9. The molecule has 21 heavy (non-hydrogen) atoms. The number of sulfone groups is 2. The molecule has 0 saturated carbocycles. The van der Waals surface area contributed by atoms with Crippen LogP contribution in [0, 0.1) is 0 Å². The molecule has 0 heterocycles. The number of rotatable bonds is 2. The molecule has 1 rings (SSSR count). The van der Waals surface area contributed by atoms with Gasteiger partial charge in [0, 0.05) is 0 Å². The molecule has 0 aliphatic rings. The summed E-state index contributed by atoms with van der Waals surface area (Å²) in [5, 5.41) is -1.06. The van der Waals surface area contributed by atoms with Gasteiger partial charge < -0.3 is 0 Å². The van der Waals surface area contributed by atoms with Gasteiger partial charge in [0.25, 0.3) is 19.7 Å². The molecule has 0 radical (unpaired) electrons. The maximum Gasteiger partial charge on any atom is 0.501 e. The second-order valence-corrected chi connectivity index (χ2v) is 7.75. The zero-order valence-electron chi connectivity index (χ0n) is 9.33. The number of halogens is 7. The van der Waals surface area contributed by atoms with E-state index < -0.39 is 45.5 Å². The van der Waals surface area contributed by atoms with Gasteiger partial charge in [-0.1, -0.05) is 11.6 Å². The molecule has 0 unspecified atom stereocenters. The number of hydrogen-bond acceptors (Lipinski definition) is 4. The Morgan fingerprint density at radius 2 is 1.24 bits per heavy atom. The standard InChI is InChI=1S/C8H3ClF6O4S2/c9-5-2-1-4(20(16,17)7(10,11)12)3-6(5)21(18,19)8(13,14)15/h1-3H. The van der Waals surface area contributed by atoms with Crippen LogP contribution in [0.4, 0.5) is 26.3 Å². The van der Waals surface area contributed by atoms with Gasteiger partial charge in [0.2, 0.25) is 0 Å². The van der Waals surface area contributed by atoms with Crippen molar-refractivity contribution in [3.8, 4) is 0 Å². The maximum atomic E-state index is 12.3. The van der Waals surface area contributed by atoms with E-state index in [0.29, 0.717) is 6.07 Å². The lowest BCUT2D eigenvalue weighted by atomic mass is 10.4. The van der Waals surface area contributed by atoms with Crippen molar-refractivity contribution in [3.05, 3.63) is 23.2 Å². The molecule has 0 bridgehead atoms. The minimum Gasteiger partial charge on any atom is -0.214 e. The predicted molar refractivity (Wildman–Crippen MR) is 57.9 cm³/mol. The van der Waals surface area contributed by atoms with Gasteiger partial charge in [0.05, 0.1) is 14.8 Å². The summed E-state index contributed by atoms with van der Waals surface area (Å²) in [6, 6.07) is 0.285. The highest BCUT2D eigenvalue weighted by Gasteiger charge is 2.50. The smallest absolute Gasteiger partial charge is 0.214 e. The van der Waals surface area contributed by atoms with Gasteiger partial charge in [0.1, 0.15) is 0 Å². The molecule has 0 aliphatic heterocycles. The quantitative estimate of drug-likeness (QED) is 0.744. The second kappa shape index (κ2) is 5.02. The molecule has 0 fully saturated rings. The van der Waals surface area contributed by atoms with E-state index in [1.54, 1.807) is 0 Å². The first-order chi connectivity index (χ1) is 9.12. The molecule has 0 N–H and O–H groups in total. The third kappa shape index (κ3) is 3.11. The first-order valence-corrected chi connectivity index (χ1v) is 7.89. The van der Waals surface area contributed by atoms with Crippen LogP contribution in [0.15, 0.2) is 28.0 Å². The second-order valence-electron chi connectivity index (χ2n) is 3.49. The van der Waals surface area contributed by atoms with Crippen LogP contribution < -0.4 is 0 Å². The van der Waals surface area contributed by atoms with Crippen LogP contribution >= 0.6 is 11.6 Å². The van der Waals surface area contributed by atoms with E-state index in [1.807, 2.05) is 0 Å². The summed E-state index contributed by atoms with van der Waals surface area (Å²) in [4.78, 5) is -3.44. The van der Waals surface area contributed by atoms with Crippen molar-refractivity contribution in [1.82, 2.24) is 0 Å². The van der Waals surface area contributed by atoms with Crippen molar-refractivity contribution >= 4 is 31.3 Å². The van der Waals surface area contributed by atoms with E-state index in [9.17, 15) is 43.2 Å². The fourth-order valence-corrected chi connectivity index (χ4v) is 3.26. The minimum atomic E-state index is -6.10. The molecule has 13 heteroatoms. The molecule has 0 spiro atoms. The Hall–Kier alpha value is -1.01. The Balaban J connectivity index is 3.67. The number of alkyl halides is 6. The van der Waals surface area contributed by atoms with Gasteiger partial charge in [-0.2, -0.15) is 26.3 Å². The lowest BCUT2D eigenvalue weighted by molar-refractivity contribution is -0.0438. The van der Waals surface area contributed by atoms with Crippen molar-refractivity contribution in [3.63, 3.8) is 0 Å². The van der Waals surface area contributed by atoms with Gasteiger partial charge in [0.15, 0.2) is 0 Å². The molecular formula is C8H3ClF6O4S2. The first-order valence-electron chi connectivity index (χ1n) is 4.54. The molecule has 0 amide bonds.